The van der Waals surface area contributed by atoms with Gasteiger partial charge in [0, 0.05) is 12.8 Å². The molecule has 138 valence electrons. The highest BCUT2D eigenvalue weighted by Crippen LogP contribution is 2.09. The number of nitrogens with one attached hydrogen (secondary N) is 1. The van der Waals surface area contributed by atoms with Crippen LogP contribution in [0.2, 0.25) is 0 Å². The standard InChI is InChI=1S/C15H19NO5.O3S/c1-10(17)13(21-15(19)11(2)20-3)9-14(18)16-12-7-5-4-6-8-12;1-4(2)3/h4-8,11,13H,9H2,1-3H3,(H,16,18);. The maximum Gasteiger partial charge on any atom is 0.425 e. The van der Waals surface area contributed by atoms with Gasteiger partial charge in [-0.3, -0.25) is 9.59 Å². The second-order valence-corrected chi connectivity index (χ2v) is 5.14. The van der Waals surface area contributed by atoms with Gasteiger partial charge in [0.1, 0.15) is 0 Å². The first-order valence-corrected chi connectivity index (χ1v) is 8.02. The molecule has 0 fully saturated rings. The van der Waals surface area contributed by atoms with Crippen molar-refractivity contribution in [3.8, 4) is 0 Å². The number of anilines is 1. The summed E-state index contributed by atoms with van der Waals surface area (Å²) >= 11 is 0. The largest absolute Gasteiger partial charge is 0.452 e. The molecule has 0 saturated carbocycles. The molecule has 0 spiro atoms. The molecule has 2 atom stereocenters. The zero-order chi connectivity index (χ0) is 19.4. The van der Waals surface area contributed by atoms with Crippen LogP contribution in [0.5, 0.6) is 0 Å². The van der Waals surface area contributed by atoms with Crippen LogP contribution < -0.4 is 5.32 Å². The SMILES string of the molecule is COC(C)C(=O)OC(CC(=O)Nc1ccccc1)C(C)=O.O=S(=O)=O. The van der Waals surface area contributed by atoms with Crippen molar-refractivity contribution in [1.82, 2.24) is 0 Å². The smallest absolute Gasteiger partial charge is 0.425 e. The van der Waals surface area contributed by atoms with Crippen molar-refractivity contribution in [1.29, 1.82) is 0 Å². The Labute approximate surface area is 146 Å². The first-order chi connectivity index (χ1) is 11.7. The number of amides is 1. The molecule has 25 heavy (non-hydrogen) atoms. The van der Waals surface area contributed by atoms with Crippen LogP contribution in [0.25, 0.3) is 0 Å². The van der Waals surface area contributed by atoms with Crippen LogP contribution in [0.1, 0.15) is 20.3 Å². The van der Waals surface area contributed by atoms with E-state index in [1.54, 1.807) is 24.3 Å². The van der Waals surface area contributed by atoms with Gasteiger partial charge < -0.3 is 14.8 Å². The molecule has 0 saturated heterocycles. The summed E-state index contributed by atoms with van der Waals surface area (Å²) in [5, 5.41) is 2.63. The lowest BCUT2D eigenvalue weighted by Crippen LogP contribution is -2.34. The number of Topliss-reactive ketones (excluding diaryl/α,β-unsaturated/α-hetero) is 1. The summed E-state index contributed by atoms with van der Waals surface area (Å²) in [7, 11) is -1.75. The highest BCUT2D eigenvalue weighted by Gasteiger charge is 2.25. The summed E-state index contributed by atoms with van der Waals surface area (Å²) in [6, 6.07) is 8.82. The minimum absolute atomic E-state index is 0.230. The molecule has 0 aliphatic rings. The average molecular weight is 373 g/mol. The zero-order valence-electron chi connectivity index (χ0n) is 13.9. The fraction of sp³-hybridized carbons (Fsp3) is 0.400. The molecule has 0 aromatic heterocycles. The number of carbonyl (C=O) groups excluding carboxylic acids is 3. The van der Waals surface area contributed by atoms with Gasteiger partial charge in [-0.15, -0.1) is 12.6 Å². The van der Waals surface area contributed by atoms with Crippen molar-refractivity contribution in [2.24, 2.45) is 0 Å². The van der Waals surface area contributed by atoms with E-state index in [1.165, 1.54) is 21.0 Å². The fourth-order valence-electron chi connectivity index (χ4n) is 1.50. The first kappa shape index (κ1) is 22.4. The minimum atomic E-state index is -3.11. The van der Waals surface area contributed by atoms with Crippen LogP contribution in [0.3, 0.4) is 0 Å². The maximum atomic E-state index is 11.9. The van der Waals surface area contributed by atoms with E-state index in [9.17, 15) is 14.4 Å². The zero-order valence-corrected chi connectivity index (χ0v) is 14.7. The van der Waals surface area contributed by atoms with E-state index in [2.05, 4.69) is 5.32 Å². The molecule has 1 aromatic carbocycles. The molecule has 0 heterocycles. The van der Waals surface area contributed by atoms with E-state index < -0.39 is 40.5 Å². The monoisotopic (exact) mass is 373 g/mol. The molecule has 1 aromatic rings. The molecular weight excluding hydrogens is 354 g/mol. The number of para-hydroxylation sites is 1. The van der Waals surface area contributed by atoms with Crippen molar-refractivity contribution in [3.05, 3.63) is 30.3 Å². The Bertz CT molecular complexity index is 680. The third-order valence-corrected chi connectivity index (χ3v) is 2.83. The molecule has 1 N–H and O–H groups in total. The molecule has 1 rings (SSSR count). The number of ketones is 1. The highest BCUT2D eigenvalue weighted by molar-refractivity contribution is 7.59. The lowest BCUT2D eigenvalue weighted by atomic mass is 10.1. The van der Waals surface area contributed by atoms with Gasteiger partial charge in [-0.25, -0.2) is 4.79 Å². The van der Waals surface area contributed by atoms with Crippen LogP contribution >= 0.6 is 0 Å². The maximum absolute atomic E-state index is 11.9. The second-order valence-electron chi connectivity index (χ2n) is 4.74. The summed E-state index contributed by atoms with van der Waals surface area (Å²) in [6.07, 6.45) is -2.13. The second kappa shape index (κ2) is 11.9. The molecular formula is C15H19NO8S. The molecule has 10 heteroatoms. The molecule has 2 unspecified atom stereocenters. The van der Waals surface area contributed by atoms with E-state index in [-0.39, 0.29) is 6.42 Å². The van der Waals surface area contributed by atoms with Crippen LogP contribution in [0, 0.1) is 0 Å². The van der Waals surface area contributed by atoms with Crippen molar-refractivity contribution in [2.45, 2.75) is 32.5 Å². The number of carbonyl (C=O) groups is 3. The number of hydrogen-bond acceptors (Lipinski definition) is 8. The van der Waals surface area contributed by atoms with Gasteiger partial charge in [-0.1, -0.05) is 18.2 Å². The van der Waals surface area contributed by atoms with Crippen LogP contribution in [-0.4, -0.2) is 49.6 Å². The lowest BCUT2D eigenvalue weighted by molar-refractivity contribution is -0.164. The molecule has 9 nitrogen and oxygen atoms in total. The van der Waals surface area contributed by atoms with Gasteiger partial charge in [0.2, 0.25) is 5.91 Å². The van der Waals surface area contributed by atoms with E-state index >= 15 is 0 Å². The van der Waals surface area contributed by atoms with Gasteiger partial charge in [0.25, 0.3) is 0 Å². The Kier molecular flexibility index (Phi) is 10.6. The van der Waals surface area contributed by atoms with E-state index in [4.69, 9.17) is 22.1 Å². The van der Waals surface area contributed by atoms with Gasteiger partial charge in [-0.2, -0.15) is 0 Å². The number of rotatable bonds is 7. The third kappa shape index (κ3) is 10.7. The Morgan fingerprint density at radius 3 is 2.08 bits per heavy atom. The Morgan fingerprint density at radius 2 is 1.64 bits per heavy atom. The summed E-state index contributed by atoms with van der Waals surface area (Å²) in [5.41, 5.74) is 0.612. The number of ether oxygens (including phenoxy) is 2. The Hall–Kier alpha value is -2.59. The molecule has 0 bridgehead atoms. The normalized spacial score (nSPS) is 12.0. The van der Waals surface area contributed by atoms with Crippen molar-refractivity contribution < 1.29 is 36.5 Å². The molecule has 1 amide bonds. The van der Waals surface area contributed by atoms with Crippen molar-refractivity contribution in [3.63, 3.8) is 0 Å². The summed E-state index contributed by atoms with van der Waals surface area (Å²) < 4.78 is 35.1. The number of hydrogen-bond donors (Lipinski definition) is 1. The number of esters is 1. The van der Waals surface area contributed by atoms with Gasteiger partial charge >= 0.3 is 16.6 Å². The van der Waals surface area contributed by atoms with Gasteiger partial charge in [-0.05, 0) is 26.0 Å². The van der Waals surface area contributed by atoms with Crippen LogP contribution in [0.4, 0.5) is 5.69 Å². The molecule has 0 aliphatic heterocycles. The third-order valence-electron chi connectivity index (χ3n) is 2.83. The molecule has 0 aliphatic carbocycles. The summed E-state index contributed by atoms with van der Waals surface area (Å²) in [6.45, 7) is 2.77. The Balaban J connectivity index is 0.00000129. The molecule has 0 radical (unpaired) electrons. The van der Waals surface area contributed by atoms with Gasteiger partial charge in [0.15, 0.2) is 18.0 Å². The topological polar surface area (TPSA) is 133 Å². The number of benzene rings is 1. The average Bonchev–Trinajstić information content (AvgIpc) is 2.53. The van der Waals surface area contributed by atoms with E-state index in [0.717, 1.165) is 0 Å². The fourth-order valence-corrected chi connectivity index (χ4v) is 1.50. The first-order valence-electron chi connectivity index (χ1n) is 7.02. The van der Waals surface area contributed by atoms with E-state index in [0.29, 0.717) is 5.69 Å². The summed E-state index contributed by atoms with van der Waals surface area (Å²) in [5.74, 6) is -1.47. The lowest BCUT2D eigenvalue weighted by Gasteiger charge is -2.17. The summed E-state index contributed by atoms with van der Waals surface area (Å²) in [4.78, 5) is 34.9. The van der Waals surface area contributed by atoms with Crippen LogP contribution in [-0.2, 0) is 34.5 Å². The predicted molar refractivity (Wildman–Crippen MR) is 86.4 cm³/mol. The number of methoxy groups -OCH3 is 1. The Morgan fingerprint density at radius 1 is 1.12 bits per heavy atom. The van der Waals surface area contributed by atoms with E-state index in [1.807, 2.05) is 6.07 Å². The van der Waals surface area contributed by atoms with Crippen LogP contribution in [0.15, 0.2) is 30.3 Å². The van der Waals surface area contributed by atoms with Crippen molar-refractivity contribution >= 4 is 34.0 Å². The highest BCUT2D eigenvalue weighted by atomic mass is 32.2. The predicted octanol–water partition coefficient (Wildman–Crippen LogP) is 0.547. The minimum Gasteiger partial charge on any atom is -0.452 e. The van der Waals surface area contributed by atoms with Gasteiger partial charge in [0.05, 0.1) is 6.42 Å². The van der Waals surface area contributed by atoms with Crippen molar-refractivity contribution in [2.75, 3.05) is 12.4 Å². The quantitative estimate of drug-likeness (QED) is 0.685.